The maximum absolute atomic E-state index is 12.5. The highest BCUT2D eigenvalue weighted by atomic mass is 32.2. The highest BCUT2D eigenvalue weighted by Gasteiger charge is 2.19. The van der Waals surface area contributed by atoms with E-state index >= 15 is 0 Å². The predicted molar refractivity (Wildman–Crippen MR) is 121 cm³/mol. The molecule has 8 nitrogen and oxygen atoms in total. The van der Waals surface area contributed by atoms with Gasteiger partial charge >= 0.3 is 0 Å². The molecule has 0 atom stereocenters. The molecule has 3 rings (SSSR count). The Labute approximate surface area is 185 Å². The standard InChI is InChI=1S/C22H25N5O3S/c1-5-11-27-21(18-10-12-30-16(18)3)24-25-22(27)31-14-20(29)26(4)13-19(28)23-17-8-6-15(2)7-9-17/h5-10,12H,1,11,13-14H2,2-4H3,(H,23,28). The van der Waals surface area contributed by atoms with Crippen molar-refractivity contribution < 1.29 is 14.0 Å². The van der Waals surface area contributed by atoms with Crippen LogP contribution < -0.4 is 5.32 Å². The molecule has 0 saturated heterocycles. The van der Waals surface area contributed by atoms with Crippen molar-refractivity contribution in [2.45, 2.75) is 25.5 Å². The lowest BCUT2D eigenvalue weighted by Gasteiger charge is -2.16. The van der Waals surface area contributed by atoms with E-state index in [9.17, 15) is 9.59 Å². The molecule has 3 aromatic rings. The van der Waals surface area contributed by atoms with Crippen LogP contribution in [0.15, 0.2) is 58.8 Å². The summed E-state index contributed by atoms with van der Waals surface area (Å²) in [5.74, 6) is 1.10. The fourth-order valence-corrected chi connectivity index (χ4v) is 3.77. The molecule has 0 aliphatic heterocycles. The Morgan fingerprint density at radius 1 is 1.23 bits per heavy atom. The van der Waals surface area contributed by atoms with E-state index < -0.39 is 0 Å². The normalized spacial score (nSPS) is 10.7. The van der Waals surface area contributed by atoms with Crippen LogP contribution in [0.1, 0.15) is 11.3 Å². The van der Waals surface area contributed by atoms with Gasteiger partial charge in [-0.05, 0) is 32.0 Å². The van der Waals surface area contributed by atoms with Gasteiger partial charge in [-0.1, -0.05) is 35.5 Å². The molecule has 0 radical (unpaired) electrons. The molecule has 31 heavy (non-hydrogen) atoms. The summed E-state index contributed by atoms with van der Waals surface area (Å²) in [6.45, 7) is 8.08. The number of aryl methyl sites for hydroxylation is 2. The van der Waals surface area contributed by atoms with Crippen molar-refractivity contribution in [2.24, 2.45) is 0 Å². The number of thioether (sulfide) groups is 1. The number of aromatic nitrogens is 3. The molecule has 1 aromatic carbocycles. The van der Waals surface area contributed by atoms with Crippen LogP contribution in [0, 0.1) is 13.8 Å². The second-order valence-corrected chi connectivity index (χ2v) is 7.99. The lowest BCUT2D eigenvalue weighted by atomic mass is 10.2. The predicted octanol–water partition coefficient (Wildman–Crippen LogP) is 3.53. The van der Waals surface area contributed by atoms with Gasteiger partial charge in [-0.25, -0.2) is 0 Å². The highest BCUT2D eigenvalue weighted by molar-refractivity contribution is 7.99. The van der Waals surface area contributed by atoms with E-state index in [0.29, 0.717) is 23.2 Å². The highest BCUT2D eigenvalue weighted by Crippen LogP contribution is 2.27. The number of furan rings is 1. The number of hydrogen-bond donors (Lipinski definition) is 1. The number of carbonyl (C=O) groups excluding carboxylic acids is 2. The first-order valence-electron chi connectivity index (χ1n) is 9.71. The average molecular weight is 440 g/mol. The van der Waals surface area contributed by atoms with Crippen LogP contribution >= 0.6 is 11.8 Å². The van der Waals surface area contributed by atoms with Gasteiger partial charge in [-0.2, -0.15) is 0 Å². The molecule has 0 spiro atoms. The van der Waals surface area contributed by atoms with E-state index in [2.05, 4.69) is 22.1 Å². The van der Waals surface area contributed by atoms with Gasteiger partial charge < -0.3 is 14.6 Å². The summed E-state index contributed by atoms with van der Waals surface area (Å²) >= 11 is 1.27. The Morgan fingerprint density at radius 2 is 1.97 bits per heavy atom. The van der Waals surface area contributed by atoms with Crippen molar-refractivity contribution in [2.75, 3.05) is 24.7 Å². The minimum absolute atomic E-state index is 0.0356. The third-order valence-electron chi connectivity index (χ3n) is 4.59. The number of nitrogens with zero attached hydrogens (tertiary/aromatic N) is 4. The molecular weight excluding hydrogens is 414 g/mol. The summed E-state index contributed by atoms with van der Waals surface area (Å²) in [7, 11) is 1.60. The Hall–Kier alpha value is -3.33. The quantitative estimate of drug-likeness (QED) is 0.405. The van der Waals surface area contributed by atoms with Crippen molar-refractivity contribution in [3.63, 3.8) is 0 Å². The van der Waals surface area contributed by atoms with E-state index in [0.717, 1.165) is 16.9 Å². The number of likely N-dealkylation sites (N-methyl/N-ethyl adjacent to an activating group) is 1. The molecule has 1 N–H and O–H groups in total. The van der Waals surface area contributed by atoms with E-state index in [1.807, 2.05) is 48.7 Å². The largest absolute Gasteiger partial charge is 0.469 e. The number of allylic oxidation sites excluding steroid dienone is 1. The molecule has 0 bridgehead atoms. The fraction of sp³-hybridized carbons (Fsp3) is 0.273. The van der Waals surface area contributed by atoms with Crippen molar-refractivity contribution in [1.82, 2.24) is 19.7 Å². The molecule has 0 saturated carbocycles. The van der Waals surface area contributed by atoms with E-state index in [4.69, 9.17) is 4.42 Å². The van der Waals surface area contributed by atoms with Crippen LogP contribution in [0.2, 0.25) is 0 Å². The summed E-state index contributed by atoms with van der Waals surface area (Å²) in [5.41, 5.74) is 2.65. The second kappa shape index (κ2) is 10.1. The minimum Gasteiger partial charge on any atom is -0.469 e. The lowest BCUT2D eigenvalue weighted by molar-refractivity contribution is -0.131. The fourth-order valence-electron chi connectivity index (χ4n) is 2.88. The number of anilines is 1. The van der Waals surface area contributed by atoms with Crippen molar-refractivity contribution >= 4 is 29.3 Å². The summed E-state index contributed by atoms with van der Waals surface area (Å²) in [6.07, 6.45) is 3.35. The van der Waals surface area contributed by atoms with E-state index in [1.54, 1.807) is 19.4 Å². The molecule has 0 aliphatic carbocycles. The Balaban J connectivity index is 1.59. The third kappa shape index (κ3) is 5.64. The summed E-state index contributed by atoms with van der Waals surface area (Å²) in [6, 6.07) is 9.33. The zero-order chi connectivity index (χ0) is 22.4. The molecular formula is C22H25N5O3S. The van der Waals surface area contributed by atoms with Crippen LogP contribution in [-0.4, -0.2) is 50.8 Å². The van der Waals surface area contributed by atoms with Crippen molar-refractivity contribution in [3.8, 4) is 11.4 Å². The van der Waals surface area contributed by atoms with Gasteiger partial charge in [0.15, 0.2) is 11.0 Å². The van der Waals surface area contributed by atoms with Crippen LogP contribution in [0.3, 0.4) is 0 Å². The number of benzene rings is 1. The zero-order valence-corrected chi connectivity index (χ0v) is 18.6. The number of carbonyl (C=O) groups is 2. The third-order valence-corrected chi connectivity index (χ3v) is 5.55. The number of hydrogen-bond acceptors (Lipinski definition) is 6. The Morgan fingerprint density at radius 3 is 2.61 bits per heavy atom. The van der Waals surface area contributed by atoms with Crippen LogP contribution in [0.4, 0.5) is 5.69 Å². The summed E-state index contributed by atoms with van der Waals surface area (Å²) in [4.78, 5) is 26.2. The molecule has 0 fully saturated rings. The molecule has 0 aliphatic rings. The summed E-state index contributed by atoms with van der Waals surface area (Å²) in [5, 5.41) is 11.9. The lowest BCUT2D eigenvalue weighted by Crippen LogP contribution is -2.36. The van der Waals surface area contributed by atoms with Gasteiger partial charge in [0.25, 0.3) is 0 Å². The smallest absolute Gasteiger partial charge is 0.243 e. The van der Waals surface area contributed by atoms with Crippen molar-refractivity contribution in [1.29, 1.82) is 0 Å². The maximum atomic E-state index is 12.5. The van der Waals surface area contributed by atoms with Gasteiger partial charge in [0.2, 0.25) is 11.8 Å². The van der Waals surface area contributed by atoms with E-state index in [1.165, 1.54) is 16.7 Å². The van der Waals surface area contributed by atoms with Crippen LogP contribution in [-0.2, 0) is 16.1 Å². The van der Waals surface area contributed by atoms with Gasteiger partial charge in [0.1, 0.15) is 5.76 Å². The zero-order valence-electron chi connectivity index (χ0n) is 17.8. The van der Waals surface area contributed by atoms with Gasteiger partial charge in [0, 0.05) is 19.3 Å². The molecule has 2 heterocycles. The van der Waals surface area contributed by atoms with Crippen molar-refractivity contribution in [3.05, 3.63) is 60.6 Å². The molecule has 2 aromatic heterocycles. The first-order chi connectivity index (χ1) is 14.9. The average Bonchev–Trinajstić information content (AvgIpc) is 3.33. The Bertz CT molecular complexity index is 1070. The second-order valence-electron chi connectivity index (χ2n) is 7.05. The first kappa shape index (κ1) is 22.4. The number of nitrogens with one attached hydrogen (secondary N) is 1. The van der Waals surface area contributed by atoms with E-state index in [-0.39, 0.29) is 24.1 Å². The van der Waals surface area contributed by atoms with Gasteiger partial charge in [-0.15, -0.1) is 16.8 Å². The number of rotatable bonds is 9. The monoisotopic (exact) mass is 439 g/mol. The molecule has 9 heteroatoms. The number of amides is 2. The van der Waals surface area contributed by atoms with Crippen LogP contribution in [0.25, 0.3) is 11.4 Å². The molecule has 2 amide bonds. The topological polar surface area (TPSA) is 93.3 Å². The summed E-state index contributed by atoms with van der Waals surface area (Å²) < 4.78 is 7.25. The minimum atomic E-state index is -0.253. The SMILES string of the molecule is C=CCn1c(SCC(=O)N(C)CC(=O)Nc2ccc(C)cc2)nnc1-c1ccoc1C. The molecule has 0 unspecified atom stereocenters. The van der Waals surface area contributed by atoms with Gasteiger partial charge in [-0.3, -0.25) is 14.2 Å². The van der Waals surface area contributed by atoms with Crippen LogP contribution in [0.5, 0.6) is 0 Å². The maximum Gasteiger partial charge on any atom is 0.243 e. The van der Waals surface area contributed by atoms with Gasteiger partial charge in [0.05, 0.1) is 24.1 Å². The Kier molecular flexibility index (Phi) is 7.30. The first-order valence-corrected chi connectivity index (χ1v) is 10.7. The molecule has 162 valence electrons.